The standard InChI is InChI=1S/C16H19NO/c1-4-13-5-7-14(8-6-13)17(2)15-9-11-16(18-3)12-10-15/h5-12H,4H2,1-3H3. The highest BCUT2D eigenvalue weighted by molar-refractivity contribution is 5.63. The molecule has 18 heavy (non-hydrogen) atoms. The molecule has 2 heteroatoms. The summed E-state index contributed by atoms with van der Waals surface area (Å²) in [5.74, 6) is 0.883. The zero-order valence-electron chi connectivity index (χ0n) is 11.2. The van der Waals surface area contributed by atoms with Gasteiger partial charge in [-0.2, -0.15) is 0 Å². The third-order valence-corrected chi connectivity index (χ3v) is 3.19. The van der Waals surface area contributed by atoms with Gasteiger partial charge in [-0.25, -0.2) is 0 Å². The van der Waals surface area contributed by atoms with Crippen molar-refractivity contribution >= 4 is 11.4 Å². The predicted octanol–water partition coefficient (Wildman–Crippen LogP) is 4.03. The van der Waals surface area contributed by atoms with Crippen molar-refractivity contribution in [2.45, 2.75) is 13.3 Å². The second-order valence-corrected chi connectivity index (χ2v) is 4.28. The Morgan fingerprint density at radius 2 is 1.39 bits per heavy atom. The smallest absolute Gasteiger partial charge is 0.119 e. The highest BCUT2D eigenvalue weighted by Crippen LogP contribution is 2.25. The van der Waals surface area contributed by atoms with Crippen LogP contribution in [0, 0.1) is 0 Å². The Morgan fingerprint density at radius 3 is 1.83 bits per heavy atom. The summed E-state index contributed by atoms with van der Waals surface area (Å²) in [5.41, 5.74) is 3.71. The third-order valence-electron chi connectivity index (χ3n) is 3.19. The average Bonchev–Trinajstić information content (AvgIpc) is 2.47. The zero-order valence-corrected chi connectivity index (χ0v) is 11.2. The van der Waals surface area contributed by atoms with E-state index in [4.69, 9.17) is 4.74 Å². The molecule has 0 amide bonds. The highest BCUT2D eigenvalue weighted by Gasteiger charge is 2.03. The molecule has 0 saturated heterocycles. The molecular formula is C16H19NO. The van der Waals surface area contributed by atoms with Crippen LogP contribution >= 0.6 is 0 Å². The van der Waals surface area contributed by atoms with Crippen molar-refractivity contribution in [3.8, 4) is 5.75 Å². The van der Waals surface area contributed by atoms with Crippen LogP contribution in [0.15, 0.2) is 48.5 Å². The minimum Gasteiger partial charge on any atom is -0.497 e. The summed E-state index contributed by atoms with van der Waals surface area (Å²) in [6.45, 7) is 2.17. The fourth-order valence-corrected chi connectivity index (χ4v) is 1.91. The molecular weight excluding hydrogens is 222 g/mol. The van der Waals surface area contributed by atoms with Crippen molar-refractivity contribution in [1.82, 2.24) is 0 Å². The van der Waals surface area contributed by atoms with Crippen molar-refractivity contribution in [2.75, 3.05) is 19.1 Å². The Bertz CT molecular complexity index is 440. The molecule has 0 aromatic heterocycles. The topological polar surface area (TPSA) is 12.5 Å². The van der Waals surface area contributed by atoms with E-state index in [0.29, 0.717) is 0 Å². The molecule has 2 aromatic carbocycles. The van der Waals surface area contributed by atoms with Gasteiger partial charge in [0, 0.05) is 18.4 Å². The lowest BCUT2D eigenvalue weighted by Gasteiger charge is -2.20. The molecule has 0 aliphatic heterocycles. The molecule has 0 aliphatic rings. The Hall–Kier alpha value is -1.96. The quantitative estimate of drug-likeness (QED) is 0.801. The number of hydrogen-bond donors (Lipinski definition) is 0. The van der Waals surface area contributed by atoms with Crippen molar-refractivity contribution in [3.63, 3.8) is 0 Å². The van der Waals surface area contributed by atoms with Gasteiger partial charge in [0.05, 0.1) is 7.11 Å². The molecule has 0 saturated carbocycles. The van der Waals surface area contributed by atoms with Crippen LogP contribution in [0.25, 0.3) is 0 Å². The molecule has 0 heterocycles. The van der Waals surface area contributed by atoms with Crippen LogP contribution in [-0.4, -0.2) is 14.2 Å². The number of ether oxygens (including phenoxy) is 1. The number of anilines is 2. The first kappa shape index (κ1) is 12.5. The lowest BCUT2D eigenvalue weighted by molar-refractivity contribution is 0.415. The van der Waals surface area contributed by atoms with E-state index in [9.17, 15) is 0 Å². The number of hydrogen-bond acceptors (Lipinski definition) is 2. The predicted molar refractivity (Wildman–Crippen MR) is 76.9 cm³/mol. The number of aryl methyl sites for hydroxylation is 1. The van der Waals surface area contributed by atoms with E-state index >= 15 is 0 Å². The Balaban J connectivity index is 2.20. The molecule has 0 radical (unpaired) electrons. The number of methoxy groups -OCH3 is 1. The van der Waals surface area contributed by atoms with Crippen molar-refractivity contribution in [1.29, 1.82) is 0 Å². The molecule has 0 unspecified atom stereocenters. The van der Waals surface area contributed by atoms with Crippen LogP contribution in [0.4, 0.5) is 11.4 Å². The molecule has 2 rings (SSSR count). The van der Waals surface area contributed by atoms with Gasteiger partial charge in [0.1, 0.15) is 5.75 Å². The highest BCUT2D eigenvalue weighted by atomic mass is 16.5. The maximum Gasteiger partial charge on any atom is 0.119 e. The van der Waals surface area contributed by atoms with Gasteiger partial charge in [-0.05, 0) is 48.4 Å². The molecule has 0 atom stereocenters. The van der Waals surface area contributed by atoms with Gasteiger partial charge >= 0.3 is 0 Å². The van der Waals surface area contributed by atoms with E-state index in [1.165, 1.54) is 11.3 Å². The van der Waals surface area contributed by atoms with Crippen LogP contribution in [0.5, 0.6) is 5.75 Å². The monoisotopic (exact) mass is 241 g/mol. The zero-order chi connectivity index (χ0) is 13.0. The average molecular weight is 241 g/mol. The number of benzene rings is 2. The van der Waals surface area contributed by atoms with Gasteiger partial charge in [0.25, 0.3) is 0 Å². The second-order valence-electron chi connectivity index (χ2n) is 4.28. The first-order chi connectivity index (χ1) is 8.74. The Labute approximate surface area is 109 Å². The third kappa shape index (κ3) is 2.65. The molecule has 0 bridgehead atoms. The maximum atomic E-state index is 5.17. The minimum atomic E-state index is 0.883. The fourth-order valence-electron chi connectivity index (χ4n) is 1.91. The SMILES string of the molecule is CCc1ccc(N(C)c2ccc(OC)cc2)cc1. The van der Waals surface area contributed by atoms with Gasteiger partial charge in [0.2, 0.25) is 0 Å². The van der Waals surface area contributed by atoms with Crippen LogP contribution < -0.4 is 9.64 Å². The molecule has 0 aliphatic carbocycles. The maximum absolute atomic E-state index is 5.17. The molecule has 0 N–H and O–H groups in total. The minimum absolute atomic E-state index is 0.883. The Morgan fingerprint density at radius 1 is 0.889 bits per heavy atom. The summed E-state index contributed by atoms with van der Waals surface area (Å²) < 4.78 is 5.17. The summed E-state index contributed by atoms with van der Waals surface area (Å²) in [6, 6.07) is 16.7. The number of nitrogens with zero attached hydrogens (tertiary/aromatic N) is 1. The van der Waals surface area contributed by atoms with Crippen molar-refractivity contribution < 1.29 is 4.74 Å². The van der Waals surface area contributed by atoms with Crippen LogP contribution in [0.1, 0.15) is 12.5 Å². The fraction of sp³-hybridized carbons (Fsp3) is 0.250. The van der Waals surface area contributed by atoms with Crippen LogP contribution in [-0.2, 0) is 6.42 Å². The summed E-state index contributed by atoms with van der Waals surface area (Å²) in [6.07, 6.45) is 1.08. The summed E-state index contributed by atoms with van der Waals surface area (Å²) in [4.78, 5) is 2.17. The second kappa shape index (κ2) is 5.58. The number of rotatable bonds is 4. The van der Waals surface area contributed by atoms with E-state index < -0.39 is 0 Å². The van der Waals surface area contributed by atoms with Gasteiger partial charge in [-0.1, -0.05) is 19.1 Å². The van der Waals surface area contributed by atoms with Crippen molar-refractivity contribution in [3.05, 3.63) is 54.1 Å². The van der Waals surface area contributed by atoms with Gasteiger partial charge in [0.15, 0.2) is 0 Å². The van der Waals surface area contributed by atoms with Crippen molar-refractivity contribution in [2.24, 2.45) is 0 Å². The normalized spacial score (nSPS) is 10.2. The van der Waals surface area contributed by atoms with Crippen LogP contribution in [0.3, 0.4) is 0 Å². The van der Waals surface area contributed by atoms with E-state index in [-0.39, 0.29) is 0 Å². The van der Waals surface area contributed by atoms with E-state index in [0.717, 1.165) is 17.9 Å². The largest absolute Gasteiger partial charge is 0.497 e. The van der Waals surface area contributed by atoms with E-state index in [1.807, 2.05) is 12.1 Å². The van der Waals surface area contributed by atoms with Gasteiger partial charge in [-0.3, -0.25) is 0 Å². The van der Waals surface area contributed by atoms with Gasteiger partial charge < -0.3 is 9.64 Å². The molecule has 0 fully saturated rings. The van der Waals surface area contributed by atoms with Crippen LogP contribution in [0.2, 0.25) is 0 Å². The summed E-state index contributed by atoms with van der Waals surface area (Å²) in [5, 5.41) is 0. The molecule has 94 valence electrons. The lowest BCUT2D eigenvalue weighted by atomic mass is 10.1. The first-order valence-corrected chi connectivity index (χ1v) is 6.21. The molecule has 0 spiro atoms. The Kier molecular flexibility index (Phi) is 3.88. The van der Waals surface area contributed by atoms with Gasteiger partial charge in [-0.15, -0.1) is 0 Å². The van der Waals surface area contributed by atoms with E-state index in [1.54, 1.807) is 7.11 Å². The first-order valence-electron chi connectivity index (χ1n) is 6.21. The van der Waals surface area contributed by atoms with E-state index in [2.05, 4.69) is 55.3 Å². The lowest BCUT2D eigenvalue weighted by Crippen LogP contribution is -2.09. The summed E-state index contributed by atoms with van der Waals surface area (Å²) >= 11 is 0. The molecule has 2 aromatic rings. The summed E-state index contributed by atoms with van der Waals surface area (Å²) in [7, 11) is 3.75. The molecule has 2 nitrogen and oxygen atoms in total.